The van der Waals surface area contributed by atoms with Crippen molar-refractivity contribution in [2.24, 2.45) is 0 Å². The average Bonchev–Trinajstić information content (AvgIpc) is 2.66. The van der Waals surface area contributed by atoms with Crippen molar-refractivity contribution < 1.29 is 28.5 Å². The van der Waals surface area contributed by atoms with Gasteiger partial charge in [-0.05, 0) is 31.2 Å². The lowest BCUT2D eigenvalue weighted by Crippen LogP contribution is -2.31. The van der Waals surface area contributed by atoms with Crippen molar-refractivity contribution in [1.82, 2.24) is 0 Å². The summed E-state index contributed by atoms with van der Waals surface area (Å²) in [5.41, 5.74) is 0.494. The van der Waals surface area contributed by atoms with E-state index in [0.717, 1.165) is 0 Å². The molecule has 2 aromatic carbocycles. The van der Waals surface area contributed by atoms with Gasteiger partial charge in [-0.2, -0.15) is 0 Å². The van der Waals surface area contributed by atoms with E-state index in [1.165, 1.54) is 21.1 Å². The molecule has 1 N–H and O–H groups in total. The van der Waals surface area contributed by atoms with Gasteiger partial charge in [0.1, 0.15) is 5.75 Å². The van der Waals surface area contributed by atoms with Gasteiger partial charge in [0.2, 0.25) is 0 Å². The Hall–Kier alpha value is -3.22. The molecule has 7 heteroatoms. The Labute approximate surface area is 151 Å². The van der Waals surface area contributed by atoms with E-state index >= 15 is 0 Å². The summed E-state index contributed by atoms with van der Waals surface area (Å²) < 4.78 is 20.8. The zero-order chi connectivity index (χ0) is 18.9. The number of hydrogen-bond donors (Lipinski definition) is 1. The molecule has 1 amide bonds. The van der Waals surface area contributed by atoms with Crippen molar-refractivity contribution in [1.29, 1.82) is 0 Å². The quantitative estimate of drug-likeness (QED) is 0.730. The van der Waals surface area contributed by atoms with Crippen molar-refractivity contribution in [2.45, 2.75) is 13.0 Å². The molecular weight excluding hydrogens is 338 g/mol. The second-order valence-electron chi connectivity index (χ2n) is 5.26. The number of para-hydroxylation sites is 4. The number of carbonyl (C=O) groups is 2. The Morgan fingerprint density at radius 2 is 1.50 bits per heavy atom. The van der Waals surface area contributed by atoms with Crippen molar-refractivity contribution in [3.8, 4) is 17.2 Å². The molecule has 0 heterocycles. The maximum atomic E-state index is 12.2. The van der Waals surface area contributed by atoms with Gasteiger partial charge in [-0.15, -0.1) is 0 Å². The molecule has 7 nitrogen and oxygen atoms in total. The smallest absolute Gasteiger partial charge is 0.344 e. The molecule has 0 aliphatic rings. The molecule has 0 unspecified atom stereocenters. The molecule has 26 heavy (non-hydrogen) atoms. The van der Waals surface area contributed by atoms with Crippen LogP contribution in [0.15, 0.2) is 48.5 Å². The fourth-order valence-corrected chi connectivity index (χ4v) is 2.14. The van der Waals surface area contributed by atoms with E-state index in [9.17, 15) is 9.59 Å². The van der Waals surface area contributed by atoms with Crippen LogP contribution in [0.4, 0.5) is 5.69 Å². The van der Waals surface area contributed by atoms with Crippen LogP contribution in [0.5, 0.6) is 17.2 Å². The minimum Gasteiger partial charge on any atom is -0.495 e. The summed E-state index contributed by atoms with van der Waals surface area (Å²) >= 11 is 0. The lowest BCUT2D eigenvalue weighted by Gasteiger charge is -2.15. The van der Waals surface area contributed by atoms with E-state index in [0.29, 0.717) is 22.9 Å². The Bertz CT molecular complexity index is 761. The highest BCUT2D eigenvalue weighted by Crippen LogP contribution is 2.26. The van der Waals surface area contributed by atoms with E-state index in [1.807, 2.05) is 0 Å². The summed E-state index contributed by atoms with van der Waals surface area (Å²) in [6.45, 7) is 1.14. The van der Waals surface area contributed by atoms with Crippen LogP contribution in [0.2, 0.25) is 0 Å². The molecule has 0 radical (unpaired) electrons. The zero-order valence-corrected chi connectivity index (χ0v) is 14.9. The number of amides is 1. The number of hydrogen-bond acceptors (Lipinski definition) is 6. The van der Waals surface area contributed by atoms with Gasteiger partial charge in [0.05, 0.1) is 19.9 Å². The zero-order valence-electron chi connectivity index (χ0n) is 14.9. The van der Waals surface area contributed by atoms with Gasteiger partial charge in [0.25, 0.3) is 5.91 Å². The van der Waals surface area contributed by atoms with E-state index < -0.39 is 18.0 Å². The van der Waals surface area contributed by atoms with Gasteiger partial charge in [-0.3, -0.25) is 4.79 Å². The third-order valence-corrected chi connectivity index (χ3v) is 3.46. The highest BCUT2D eigenvalue weighted by molar-refractivity contribution is 5.96. The topological polar surface area (TPSA) is 83.1 Å². The molecule has 0 aromatic heterocycles. The highest BCUT2D eigenvalue weighted by Gasteiger charge is 2.19. The second kappa shape index (κ2) is 9.31. The van der Waals surface area contributed by atoms with Crippen LogP contribution in [0.1, 0.15) is 6.92 Å². The molecule has 0 saturated heterocycles. The summed E-state index contributed by atoms with van der Waals surface area (Å²) in [5, 5.41) is 2.66. The molecule has 0 fully saturated rings. The standard InChI is InChI=1S/C19H21NO6/c1-13(19(22)20-14-8-4-5-9-15(14)23-2)26-18(21)12-25-17-11-7-6-10-16(17)24-3/h4-11,13H,12H2,1-3H3,(H,20,22)/t13-/m1/s1. The molecule has 0 bridgehead atoms. The van der Waals surface area contributed by atoms with Gasteiger partial charge in [-0.1, -0.05) is 24.3 Å². The molecule has 138 valence electrons. The maximum absolute atomic E-state index is 12.2. The first-order valence-corrected chi connectivity index (χ1v) is 7.94. The third kappa shape index (κ3) is 5.14. The first kappa shape index (κ1) is 19.1. The largest absolute Gasteiger partial charge is 0.495 e. The number of nitrogens with one attached hydrogen (secondary N) is 1. The number of methoxy groups -OCH3 is 2. The highest BCUT2D eigenvalue weighted by atomic mass is 16.6. The normalized spacial score (nSPS) is 11.2. The van der Waals surface area contributed by atoms with Crippen LogP contribution in [0.25, 0.3) is 0 Å². The molecule has 1 atom stereocenters. The fraction of sp³-hybridized carbons (Fsp3) is 0.263. The van der Waals surface area contributed by atoms with Gasteiger partial charge in [0, 0.05) is 0 Å². The number of anilines is 1. The summed E-state index contributed by atoms with van der Waals surface area (Å²) in [7, 11) is 3.01. The summed E-state index contributed by atoms with van der Waals surface area (Å²) in [6.07, 6.45) is -0.992. The number of benzene rings is 2. The molecule has 2 aromatic rings. The number of carbonyl (C=O) groups excluding carboxylic acids is 2. The lowest BCUT2D eigenvalue weighted by atomic mass is 10.2. The van der Waals surface area contributed by atoms with Crippen molar-refractivity contribution >= 4 is 17.6 Å². The maximum Gasteiger partial charge on any atom is 0.344 e. The minimum absolute atomic E-state index is 0.341. The van der Waals surface area contributed by atoms with E-state index in [1.54, 1.807) is 48.5 Å². The molecule has 0 aliphatic carbocycles. The van der Waals surface area contributed by atoms with Crippen LogP contribution in [0.3, 0.4) is 0 Å². The van der Waals surface area contributed by atoms with Crippen LogP contribution < -0.4 is 19.5 Å². The van der Waals surface area contributed by atoms with E-state index in [4.69, 9.17) is 18.9 Å². The molecule has 0 spiro atoms. The summed E-state index contributed by atoms with van der Waals surface area (Å²) in [4.78, 5) is 24.1. The van der Waals surface area contributed by atoms with Gasteiger partial charge < -0.3 is 24.3 Å². The van der Waals surface area contributed by atoms with Crippen molar-refractivity contribution in [3.63, 3.8) is 0 Å². The summed E-state index contributed by atoms with van der Waals surface area (Å²) in [6, 6.07) is 13.9. The van der Waals surface area contributed by atoms with Crippen molar-refractivity contribution in [2.75, 3.05) is 26.1 Å². The Balaban J connectivity index is 1.87. The minimum atomic E-state index is -0.992. The molecular formula is C19H21NO6. The first-order chi connectivity index (χ1) is 12.5. The van der Waals surface area contributed by atoms with E-state index in [-0.39, 0.29) is 6.61 Å². The third-order valence-electron chi connectivity index (χ3n) is 3.46. The first-order valence-electron chi connectivity index (χ1n) is 7.94. The van der Waals surface area contributed by atoms with Crippen LogP contribution in [-0.2, 0) is 14.3 Å². The monoisotopic (exact) mass is 359 g/mol. The molecule has 0 aliphatic heterocycles. The number of esters is 1. The van der Waals surface area contributed by atoms with Crippen molar-refractivity contribution in [3.05, 3.63) is 48.5 Å². The van der Waals surface area contributed by atoms with E-state index in [2.05, 4.69) is 5.32 Å². The molecule has 2 rings (SSSR count). The Kier molecular flexibility index (Phi) is 6.84. The Morgan fingerprint density at radius 3 is 2.15 bits per heavy atom. The predicted octanol–water partition coefficient (Wildman–Crippen LogP) is 2.65. The van der Waals surface area contributed by atoms with Crippen LogP contribution >= 0.6 is 0 Å². The average molecular weight is 359 g/mol. The lowest BCUT2D eigenvalue weighted by molar-refractivity contribution is -0.155. The summed E-state index contributed by atoms with van der Waals surface area (Å²) in [5.74, 6) is 0.290. The SMILES string of the molecule is COc1ccccc1NC(=O)[C@@H](C)OC(=O)COc1ccccc1OC. The van der Waals surface area contributed by atoms with Gasteiger partial charge >= 0.3 is 5.97 Å². The molecule has 0 saturated carbocycles. The predicted molar refractivity (Wildman–Crippen MR) is 95.7 cm³/mol. The van der Waals surface area contributed by atoms with Crippen LogP contribution in [0, 0.1) is 0 Å². The number of rotatable bonds is 8. The second-order valence-corrected chi connectivity index (χ2v) is 5.26. The Morgan fingerprint density at radius 1 is 0.923 bits per heavy atom. The fourth-order valence-electron chi connectivity index (χ4n) is 2.14. The number of ether oxygens (including phenoxy) is 4. The van der Waals surface area contributed by atoms with Gasteiger partial charge in [0.15, 0.2) is 24.2 Å². The van der Waals surface area contributed by atoms with Gasteiger partial charge in [-0.25, -0.2) is 4.79 Å². The van der Waals surface area contributed by atoms with Crippen LogP contribution in [-0.4, -0.2) is 38.8 Å².